The number of hydrogen-bond acceptors (Lipinski definition) is 4. The normalized spacial score (nSPS) is 12.0. The molecule has 0 heterocycles. The average molecular weight is 290 g/mol. The lowest BCUT2D eigenvalue weighted by Gasteiger charge is -2.11. The zero-order chi connectivity index (χ0) is 15.4. The first-order valence-electron chi connectivity index (χ1n) is 6.48. The van der Waals surface area contributed by atoms with Crippen LogP contribution in [0.4, 0.5) is 10.1 Å². The van der Waals surface area contributed by atoms with Gasteiger partial charge in [-0.1, -0.05) is 19.1 Å². The predicted octanol–water partition coefficient (Wildman–Crippen LogP) is 3.94. The van der Waals surface area contributed by atoms with E-state index < -0.39 is 10.7 Å². The summed E-state index contributed by atoms with van der Waals surface area (Å²) in [5.74, 6) is -0.401. The third-order valence-electron chi connectivity index (χ3n) is 3.10. The van der Waals surface area contributed by atoms with E-state index >= 15 is 0 Å². The third-order valence-corrected chi connectivity index (χ3v) is 3.10. The molecule has 21 heavy (non-hydrogen) atoms. The zero-order valence-corrected chi connectivity index (χ0v) is 11.5. The fourth-order valence-electron chi connectivity index (χ4n) is 1.83. The number of nitro groups is 1. The topological polar surface area (TPSA) is 78.4 Å². The van der Waals surface area contributed by atoms with Crippen LogP contribution in [0, 0.1) is 15.9 Å². The summed E-state index contributed by atoms with van der Waals surface area (Å²) in [4.78, 5) is 9.88. The fourth-order valence-corrected chi connectivity index (χ4v) is 1.83. The Hall–Kier alpha value is -2.47. The van der Waals surface area contributed by atoms with Crippen molar-refractivity contribution in [3.63, 3.8) is 0 Å². The first kappa shape index (κ1) is 14.9. The largest absolute Gasteiger partial charge is 0.454 e. The highest BCUT2D eigenvalue weighted by Gasteiger charge is 2.12. The van der Waals surface area contributed by atoms with E-state index in [9.17, 15) is 14.5 Å². The smallest absolute Gasteiger partial charge is 0.272 e. The monoisotopic (exact) mass is 290 g/mol. The molecule has 0 bridgehead atoms. The van der Waals surface area contributed by atoms with E-state index in [0.29, 0.717) is 5.75 Å². The number of ether oxygens (including phenoxy) is 1. The molecule has 2 aromatic rings. The molecule has 0 fully saturated rings. The third kappa shape index (κ3) is 3.55. The molecule has 0 saturated carbocycles. The predicted molar refractivity (Wildman–Crippen MR) is 76.8 cm³/mol. The van der Waals surface area contributed by atoms with Crippen molar-refractivity contribution in [2.24, 2.45) is 5.73 Å². The Balaban J connectivity index is 2.16. The number of benzene rings is 2. The van der Waals surface area contributed by atoms with Crippen LogP contribution in [0.15, 0.2) is 42.5 Å². The Labute approximate surface area is 121 Å². The summed E-state index contributed by atoms with van der Waals surface area (Å²) in [5.41, 5.74) is 6.55. The number of hydrogen-bond donors (Lipinski definition) is 1. The molecular weight excluding hydrogens is 275 g/mol. The number of nitrogens with two attached hydrogens (primary N) is 1. The van der Waals surface area contributed by atoms with E-state index in [1.807, 2.05) is 19.1 Å². The summed E-state index contributed by atoms with van der Waals surface area (Å²) >= 11 is 0. The van der Waals surface area contributed by atoms with Gasteiger partial charge in [0, 0.05) is 12.1 Å². The van der Waals surface area contributed by atoms with Gasteiger partial charge in [0.25, 0.3) is 5.69 Å². The van der Waals surface area contributed by atoms with Gasteiger partial charge in [-0.05, 0) is 30.2 Å². The second kappa shape index (κ2) is 6.32. The van der Waals surface area contributed by atoms with E-state index in [4.69, 9.17) is 10.5 Å². The molecule has 0 saturated heterocycles. The van der Waals surface area contributed by atoms with Crippen LogP contribution in [0.2, 0.25) is 0 Å². The Morgan fingerprint density at radius 2 is 1.95 bits per heavy atom. The van der Waals surface area contributed by atoms with E-state index in [0.717, 1.165) is 18.1 Å². The molecule has 0 unspecified atom stereocenters. The van der Waals surface area contributed by atoms with Crippen molar-refractivity contribution in [1.29, 1.82) is 0 Å². The van der Waals surface area contributed by atoms with Crippen LogP contribution >= 0.6 is 0 Å². The number of halogens is 1. The van der Waals surface area contributed by atoms with Crippen molar-refractivity contribution < 1.29 is 14.1 Å². The molecular formula is C15H15FN2O3. The minimum Gasteiger partial charge on any atom is -0.454 e. The number of nitrogens with zero attached hydrogens (tertiary/aromatic N) is 1. The maximum atomic E-state index is 13.7. The molecule has 0 aromatic heterocycles. The Bertz CT molecular complexity index is 644. The lowest BCUT2D eigenvalue weighted by Crippen LogP contribution is -2.08. The van der Waals surface area contributed by atoms with Crippen LogP contribution in [0.5, 0.6) is 11.5 Å². The van der Waals surface area contributed by atoms with Gasteiger partial charge < -0.3 is 10.5 Å². The number of nitro benzene ring substituents is 1. The first-order valence-corrected chi connectivity index (χ1v) is 6.48. The van der Waals surface area contributed by atoms with Gasteiger partial charge in [0.15, 0.2) is 11.6 Å². The second-order valence-corrected chi connectivity index (χ2v) is 4.56. The van der Waals surface area contributed by atoms with Crippen LogP contribution in [0.25, 0.3) is 0 Å². The van der Waals surface area contributed by atoms with Gasteiger partial charge in [0.2, 0.25) is 0 Å². The first-order chi connectivity index (χ1) is 10.0. The molecule has 6 heteroatoms. The van der Waals surface area contributed by atoms with E-state index in [1.54, 1.807) is 12.1 Å². The second-order valence-electron chi connectivity index (χ2n) is 4.56. The van der Waals surface area contributed by atoms with Gasteiger partial charge >= 0.3 is 0 Å². The molecule has 0 aliphatic carbocycles. The minimum absolute atomic E-state index is 0.0461. The van der Waals surface area contributed by atoms with Gasteiger partial charge in [-0.15, -0.1) is 0 Å². The lowest BCUT2D eigenvalue weighted by atomic mass is 10.1. The SMILES string of the molecule is CC[C@@H](N)c1ccc(Oc2ccc([N+](=O)[O-])cc2F)cc1. The van der Waals surface area contributed by atoms with Gasteiger partial charge in [0.1, 0.15) is 5.75 Å². The molecule has 0 amide bonds. The molecule has 0 aliphatic rings. The van der Waals surface area contributed by atoms with Crippen molar-refractivity contribution in [2.45, 2.75) is 19.4 Å². The summed E-state index contributed by atoms with van der Waals surface area (Å²) in [6, 6.07) is 10.2. The Morgan fingerprint density at radius 3 is 2.48 bits per heavy atom. The summed E-state index contributed by atoms with van der Waals surface area (Å²) < 4.78 is 19.1. The highest BCUT2D eigenvalue weighted by atomic mass is 19.1. The lowest BCUT2D eigenvalue weighted by molar-refractivity contribution is -0.385. The van der Waals surface area contributed by atoms with Gasteiger partial charge in [-0.2, -0.15) is 0 Å². The van der Waals surface area contributed by atoms with Gasteiger partial charge in [0.05, 0.1) is 11.0 Å². The maximum Gasteiger partial charge on any atom is 0.272 e. The highest BCUT2D eigenvalue weighted by molar-refractivity contribution is 5.40. The molecule has 2 rings (SSSR count). The molecule has 0 radical (unpaired) electrons. The van der Waals surface area contributed by atoms with E-state index in [-0.39, 0.29) is 17.5 Å². The van der Waals surface area contributed by atoms with Crippen molar-refractivity contribution in [3.05, 3.63) is 64.0 Å². The minimum atomic E-state index is -0.779. The molecule has 2 aromatic carbocycles. The number of rotatable bonds is 5. The van der Waals surface area contributed by atoms with Crippen LogP contribution < -0.4 is 10.5 Å². The van der Waals surface area contributed by atoms with Gasteiger partial charge in [-0.3, -0.25) is 10.1 Å². The van der Waals surface area contributed by atoms with E-state index in [2.05, 4.69) is 0 Å². The fraction of sp³-hybridized carbons (Fsp3) is 0.200. The standard InChI is InChI=1S/C15H15FN2O3/c1-2-14(17)10-3-6-12(7-4-10)21-15-8-5-11(18(19)20)9-13(15)16/h3-9,14H,2,17H2,1H3/t14-/m1/s1. The molecule has 2 N–H and O–H groups in total. The summed E-state index contributed by atoms with van der Waals surface area (Å²) in [5, 5.41) is 10.5. The van der Waals surface area contributed by atoms with E-state index in [1.165, 1.54) is 12.1 Å². The zero-order valence-electron chi connectivity index (χ0n) is 11.5. The highest BCUT2D eigenvalue weighted by Crippen LogP contribution is 2.28. The van der Waals surface area contributed by atoms with Crippen molar-refractivity contribution >= 4 is 5.69 Å². The summed E-state index contributed by atoms with van der Waals surface area (Å²) in [6.07, 6.45) is 0.817. The summed E-state index contributed by atoms with van der Waals surface area (Å²) in [6.45, 7) is 1.99. The molecule has 0 aliphatic heterocycles. The van der Waals surface area contributed by atoms with Crippen LogP contribution in [0.3, 0.4) is 0 Å². The quantitative estimate of drug-likeness (QED) is 0.668. The van der Waals surface area contributed by atoms with Crippen LogP contribution in [0.1, 0.15) is 24.9 Å². The summed E-state index contributed by atoms with van der Waals surface area (Å²) in [7, 11) is 0. The van der Waals surface area contributed by atoms with Crippen molar-refractivity contribution in [1.82, 2.24) is 0 Å². The Morgan fingerprint density at radius 1 is 1.29 bits per heavy atom. The number of non-ortho nitro benzene ring substituents is 1. The van der Waals surface area contributed by atoms with Gasteiger partial charge in [-0.25, -0.2) is 4.39 Å². The molecule has 110 valence electrons. The molecule has 1 atom stereocenters. The average Bonchev–Trinajstić information content (AvgIpc) is 2.49. The van der Waals surface area contributed by atoms with Crippen molar-refractivity contribution in [3.8, 4) is 11.5 Å². The van der Waals surface area contributed by atoms with Crippen molar-refractivity contribution in [2.75, 3.05) is 0 Å². The Kier molecular flexibility index (Phi) is 4.49. The maximum absolute atomic E-state index is 13.7. The molecule has 0 spiro atoms. The van der Waals surface area contributed by atoms with Crippen LogP contribution in [-0.4, -0.2) is 4.92 Å². The van der Waals surface area contributed by atoms with Crippen LogP contribution in [-0.2, 0) is 0 Å². The molecule has 5 nitrogen and oxygen atoms in total.